The average Bonchev–Trinajstić information content (AvgIpc) is 3.20. The second-order valence-electron chi connectivity index (χ2n) is 6.58. The van der Waals surface area contributed by atoms with Gasteiger partial charge in [-0.3, -0.25) is 4.99 Å². The summed E-state index contributed by atoms with van der Waals surface area (Å²) >= 11 is 1.43. The first-order valence-corrected chi connectivity index (χ1v) is 9.91. The number of pyridine rings is 1. The molecule has 0 aliphatic carbocycles. The van der Waals surface area contributed by atoms with Crippen molar-refractivity contribution in [2.45, 2.75) is 19.6 Å². The predicted molar refractivity (Wildman–Crippen MR) is 113 cm³/mol. The number of halogens is 1. The highest BCUT2D eigenvalue weighted by Crippen LogP contribution is 2.37. The summed E-state index contributed by atoms with van der Waals surface area (Å²) in [4.78, 5) is 14.1. The van der Waals surface area contributed by atoms with Gasteiger partial charge in [0.05, 0.1) is 33.9 Å². The van der Waals surface area contributed by atoms with Crippen LogP contribution in [0.15, 0.2) is 52.7 Å². The minimum atomic E-state index is -0.523. The number of ether oxygens (including phenoxy) is 1. The molecule has 1 aliphatic rings. The van der Waals surface area contributed by atoms with Gasteiger partial charge >= 0.3 is 0 Å². The first-order valence-electron chi connectivity index (χ1n) is 9.03. The second-order valence-corrected chi connectivity index (χ2v) is 7.44. The summed E-state index contributed by atoms with van der Waals surface area (Å²) in [5.74, 6) is 0.116. The van der Waals surface area contributed by atoms with Crippen molar-refractivity contribution in [1.82, 2.24) is 9.97 Å². The lowest BCUT2D eigenvalue weighted by atomic mass is 10.00. The molecule has 1 atom stereocenters. The molecule has 0 spiro atoms. The Morgan fingerprint density at radius 2 is 2.20 bits per heavy atom. The smallest absolute Gasteiger partial charge is 0.166 e. The summed E-state index contributed by atoms with van der Waals surface area (Å²) < 4.78 is 20.1. The highest BCUT2D eigenvalue weighted by Gasteiger charge is 2.22. The van der Waals surface area contributed by atoms with Crippen molar-refractivity contribution in [2.24, 2.45) is 10.7 Å². The third-order valence-corrected chi connectivity index (χ3v) is 5.63. The molecule has 0 amide bonds. The van der Waals surface area contributed by atoms with Crippen molar-refractivity contribution >= 4 is 22.9 Å². The van der Waals surface area contributed by atoms with Gasteiger partial charge in [0.15, 0.2) is 11.6 Å². The minimum Gasteiger partial charge on any atom is -0.482 e. The van der Waals surface area contributed by atoms with Crippen molar-refractivity contribution in [3.05, 3.63) is 70.4 Å². The molecule has 9 heteroatoms. The van der Waals surface area contributed by atoms with E-state index in [9.17, 15) is 9.65 Å². The number of benzene rings is 1. The number of allylic oxidation sites excluding steroid dienone is 1. The molecule has 0 saturated heterocycles. The zero-order valence-corrected chi connectivity index (χ0v) is 16.8. The third-order valence-electron chi connectivity index (χ3n) is 4.73. The summed E-state index contributed by atoms with van der Waals surface area (Å²) in [6.45, 7) is 2.02. The number of thiazole rings is 1. The van der Waals surface area contributed by atoms with Gasteiger partial charge in [-0.05, 0) is 25.1 Å². The number of hydrogen-bond donors (Lipinski definition) is 2. The monoisotopic (exact) mass is 420 g/mol. The van der Waals surface area contributed by atoms with Crippen molar-refractivity contribution in [3.63, 3.8) is 0 Å². The number of nitriles is 1. The number of aromatic nitrogens is 2. The lowest BCUT2D eigenvalue weighted by Crippen LogP contribution is -2.12. The Bertz CT molecular complexity index is 1230. The molecule has 4 N–H and O–H groups in total. The van der Waals surface area contributed by atoms with Crippen LogP contribution < -0.4 is 16.2 Å². The highest BCUT2D eigenvalue weighted by atomic mass is 32.1. The summed E-state index contributed by atoms with van der Waals surface area (Å²) in [5.41, 5.74) is 16.6. The third kappa shape index (κ3) is 3.49. The van der Waals surface area contributed by atoms with Gasteiger partial charge < -0.3 is 16.2 Å². The molecule has 7 nitrogen and oxygen atoms in total. The van der Waals surface area contributed by atoms with E-state index in [1.807, 2.05) is 6.92 Å². The maximum Gasteiger partial charge on any atom is 0.166 e. The largest absolute Gasteiger partial charge is 0.482 e. The number of hydrogen-bond acceptors (Lipinski definition) is 8. The van der Waals surface area contributed by atoms with Crippen LogP contribution in [0.4, 0.5) is 10.2 Å². The van der Waals surface area contributed by atoms with Crippen LogP contribution in [0.3, 0.4) is 0 Å². The van der Waals surface area contributed by atoms with E-state index < -0.39 is 6.10 Å². The molecule has 2 bridgehead atoms. The maximum atomic E-state index is 14.1. The molecule has 3 aromatic rings. The Kier molecular flexibility index (Phi) is 5.16. The van der Waals surface area contributed by atoms with Gasteiger partial charge in [-0.1, -0.05) is 6.07 Å². The molecular formula is C21H17FN6OS. The normalized spacial score (nSPS) is 16.1. The van der Waals surface area contributed by atoms with Crippen LogP contribution in [0, 0.1) is 17.1 Å². The van der Waals surface area contributed by atoms with E-state index in [0.717, 1.165) is 10.4 Å². The van der Waals surface area contributed by atoms with Gasteiger partial charge in [-0.2, -0.15) is 5.26 Å². The average molecular weight is 420 g/mol. The van der Waals surface area contributed by atoms with Crippen LogP contribution in [0.5, 0.6) is 5.75 Å². The summed E-state index contributed by atoms with van der Waals surface area (Å²) in [7, 11) is 0. The van der Waals surface area contributed by atoms with Crippen molar-refractivity contribution in [3.8, 4) is 22.3 Å². The lowest BCUT2D eigenvalue weighted by Gasteiger charge is -2.20. The van der Waals surface area contributed by atoms with Crippen molar-refractivity contribution in [1.29, 1.82) is 5.26 Å². The molecule has 150 valence electrons. The topological polar surface area (TPSA) is 123 Å². The zero-order chi connectivity index (χ0) is 21.3. The van der Waals surface area contributed by atoms with E-state index in [-0.39, 0.29) is 23.8 Å². The predicted octanol–water partition coefficient (Wildman–Crippen LogP) is 3.74. The molecule has 4 rings (SSSR count). The van der Waals surface area contributed by atoms with Gasteiger partial charge in [0.25, 0.3) is 0 Å². The molecule has 0 radical (unpaired) electrons. The van der Waals surface area contributed by atoms with Gasteiger partial charge in [-0.15, -0.1) is 11.3 Å². The molecule has 1 aromatic carbocycles. The summed E-state index contributed by atoms with van der Waals surface area (Å²) in [6, 6.07) is 8.26. The van der Waals surface area contributed by atoms with Crippen LogP contribution in [0.1, 0.15) is 29.8 Å². The van der Waals surface area contributed by atoms with E-state index in [0.29, 0.717) is 28.3 Å². The van der Waals surface area contributed by atoms with E-state index in [4.69, 9.17) is 16.2 Å². The van der Waals surface area contributed by atoms with Crippen LogP contribution in [0.25, 0.3) is 10.4 Å². The fraction of sp³-hybridized carbons (Fsp3) is 0.143. The molecule has 0 unspecified atom stereocenters. The molecule has 0 fully saturated rings. The van der Waals surface area contributed by atoms with Crippen molar-refractivity contribution < 1.29 is 9.13 Å². The Hall–Kier alpha value is -3.77. The number of aliphatic imine (C=N–C) groups is 1. The number of anilines is 1. The van der Waals surface area contributed by atoms with E-state index in [1.54, 1.807) is 17.6 Å². The van der Waals surface area contributed by atoms with Gasteiger partial charge in [0.1, 0.15) is 18.0 Å². The zero-order valence-electron chi connectivity index (χ0n) is 16.0. The fourth-order valence-corrected chi connectivity index (χ4v) is 4.12. The highest BCUT2D eigenvalue weighted by molar-refractivity contribution is 7.13. The van der Waals surface area contributed by atoms with Crippen LogP contribution in [-0.2, 0) is 6.54 Å². The molecule has 3 heterocycles. The molecule has 2 aromatic heterocycles. The van der Waals surface area contributed by atoms with E-state index in [1.165, 1.54) is 35.9 Å². The van der Waals surface area contributed by atoms with Gasteiger partial charge in [0, 0.05) is 29.1 Å². The Morgan fingerprint density at radius 1 is 1.37 bits per heavy atom. The Morgan fingerprint density at radius 3 is 2.97 bits per heavy atom. The SMILES string of the molecule is C[C@H]1Oc2cc(cnc2N)C(C(C#N)=CN)=NCc2ncsc2-c2ccc(F)cc21. The lowest BCUT2D eigenvalue weighted by molar-refractivity contribution is 0.227. The standard InChI is InChI=1S/C21H17FN6OS/c1-11-16-5-14(22)2-3-15(16)20-17(28-10-30-20)9-26-19(13(6-23)7-24)12-4-18(29-11)21(25)27-8-12/h2-6,8,10-11H,9,23H2,1H3,(H2,25,27)/t11-/m1/s1. The minimum absolute atomic E-state index is 0.175. The maximum absolute atomic E-state index is 14.1. The Labute approximate surface area is 176 Å². The number of nitrogen functional groups attached to an aromatic ring is 1. The van der Waals surface area contributed by atoms with Crippen LogP contribution >= 0.6 is 11.3 Å². The first kappa shape index (κ1) is 19.5. The van der Waals surface area contributed by atoms with Gasteiger partial charge in [0.2, 0.25) is 0 Å². The number of fused-ring (bicyclic) bond motifs is 5. The molecular weight excluding hydrogens is 403 g/mol. The molecule has 30 heavy (non-hydrogen) atoms. The van der Waals surface area contributed by atoms with Gasteiger partial charge in [-0.25, -0.2) is 14.4 Å². The molecule has 1 aliphatic heterocycles. The quantitative estimate of drug-likeness (QED) is 0.578. The first-order chi connectivity index (χ1) is 14.5. The molecule has 0 saturated carbocycles. The van der Waals surface area contributed by atoms with Crippen molar-refractivity contribution in [2.75, 3.05) is 5.73 Å². The number of nitrogens with two attached hydrogens (primary N) is 2. The summed E-state index contributed by atoms with van der Waals surface area (Å²) in [5, 5.41) is 9.50. The second kappa shape index (κ2) is 7.93. The number of nitrogens with zero attached hydrogens (tertiary/aromatic N) is 4. The van der Waals surface area contributed by atoms with Crippen LogP contribution in [0.2, 0.25) is 0 Å². The fourth-order valence-electron chi connectivity index (χ4n) is 3.27. The summed E-state index contributed by atoms with van der Waals surface area (Å²) in [6.07, 6.45) is 2.18. The Balaban J connectivity index is 1.98. The van der Waals surface area contributed by atoms with E-state index >= 15 is 0 Å². The van der Waals surface area contributed by atoms with Crippen LogP contribution in [-0.4, -0.2) is 15.7 Å². The number of rotatable bonds is 1. The van der Waals surface area contributed by atoms with E-state index in [2.05, 4.69) is 21.0 Å².